The highest BCUT2D eigenvalue weighted by molar-refractivity contribution is 7.89. The molecular weight excluding hydrogens is 265 g/mol. The van der Waals surface area contributed by atoms with E-state index in [-0.39, 0.29) is 16.8 Å². The molecule has 1 saturated carbocycles. The molecule has 0 heterocycles. The number of hydrogen-bond acceptors (Lipinski definition) is 2. The Hall–Kier alpha value is -0.650. The van der Waals surface area contributed by atoms with Crippen LogP contribution in [0.4, 0.5) is 4.39 Å². The third-order valence-electron chi connectivity index (χ3n) is 2.89. The normalized spacial score (nSPS) is 16.5. The van der Waals surface area contributed by atoms with Gasteiger partial charge in [0, 0.05) is 19.0 Å². The van der Waals surface area contributed by atoms with Crippen molar-refractivity contribution in [3.8, 4) is 0 Å². The predicted molar refractivity (Wildman–Crippen MR) is 63.9 cm³/mol. The maximum atomic E-state index is 13.2. The number of alkyl halides is 1. The molecule has 0 spiro atoms. The van der Waals surface area contributed by atoms with E-state index in [1.54, 1.807) is 0 Å². The quantitative estimate of drug-likeness (QED) is 0.792. The average molecular weight is 278 g/mol. The van der Waals surface area contributed by atoms with Gasteiger partial charge in [-0.15, -0.1) is 11.6 Å². The molecule has 0 bridgehead atoms. The van der Waals surface area contributed by atoms with Gasteiger partial charge in [-0.1, -0.05) is 6.07 Å². The molecule has 6 heteroatoms. The van der Waals surface area contributed by atoms with E-state index in [1.807, 2.05) is 0 Å². The fourth-order valence-corrected chi connectivity index (χ4v) is 3.63. The molecule has 0 unspecified atom stereocenters. The van der Waals surface area contributed by atoms with E-state index >= 15 is 0 Å². The summed E-state index contributed by atoms with van der Waals surface area (Å²) in [6, 6.07) is 3.71. The summed E-state index contributed by atoms with van der Waals surface area (Å²) in [5.74, 6) is -0.519. The predicted octanol–water partition coefficient (Wildman–Crippen LogP) is 2.35. The Bertz CT molecular complexity index is 528. The van der Waals surface area contributed by atoms with E-state index in [1.165, 1.54) is 23.5 Å². The van der Waals surface area contributed by atoms with E-state index < -0.39 is 15.8 Å². The van der Waals surface area contributed by atoms with Crippen molar-refractivity contribution < 1.29 is 12.8 Å². The summed E-state index contributed by atoms with van der Waals surface area (Å²) in [4.78, 5) is -0.0260. The van der Waals surface area contributed by atoms with Crippen molar-refractivity contribution in [3.63, 3.8) is 0 Å². The number of benzene rings is 1. The molecule has 1 fully saturated rings. The van der Waals surface area contributed by atoms with Gasteiger partial charge in [0.25, 0.3) is 0 Å². The molecule has 1 aliphatic rings. The summed E-state index contributed by atoms with van der Waals surface area (Å²) in [5, 5.41) is 0. The maximum absolute atomic E-state index is 13.2. The molecule has 1 aromatic rings. The van der Waals surface area contributed by atoms with Gasteiger partial charge < -0.3 is 0 Å². The van der Waals surface area contributed by atoms with Gasteiger partial charge in [-0.25, -0.2) is 12.8 Å². The Balaban J connectivity index is 2.47. The number of sulfonamides is 1. The van der Waals surface area contributed by atoms with Gasteiger partial charge in [0.1, 0.15) is 5.82 Å². The second-order valence-corrected chi connectivity index (χ2v) is 6.37. The Kier molecular flexibility index (Phi) is 3.43. The van der Waals surface area contributed by atoms with Crippen molar-refractivity contribution in [1.29, 1.82) is 0 Å². The van der Waals surface area contributed by atoms with Crippen molar-refractivity contribution in [2.24, 2.45) is 0 Å². The Morgan fingerprint density at radius 2 is 2.12 bits per heavy atom. The van der Waals surface area contributed by atoms with Crippen LogP contribution >= 0.6 is 11.6 Å². The minimum absolute atomic E-state index is 0.0260. The first kappa shape index (κ1) is 12.8. The minimum Gasteiger partial charge on any atom is -0.207 e. The number of halogens is 2. The second kappa shape index (κ2) is 4.55. The molecule has 0 N–H and O–H groups in total. The summed E-state index contributed by atoms with van der Waals surface area (Å²) >= 11 is 5.68. The molecule has 0 aromatic heterocycles. The van der Waals surface area contributed by atoms with Crippen molar-refractivity contribution in [3.05, 3.63) is 29.6 Å². The lowest BCUT2D eigenvalue weighted by molar-refractivity contribution is 0.463. The van der Waals surface area contributed by atoms with Crippen molar-refractivity contribution in [2.75, 3.05) is 7.05 Å². The first-order chi connectivity index (χ1) is 7.96. The van der Waals surface area contributed by atoms with E-state index in [4.69, 9.17) is 11.6 Å². The van der Waals surface area contributed by atoms with Crippen LogP contribution in [0, 0.1) is 5.82 Å². The molecule has 3 nitrogen and oxygen atoms in total. The highest BCUT2D eigenvalue weighted by Gasteiger charge is 2.36. The standard InChI is InChI=1S/C11H13ClFNO2S/c1-14(10-4-5-10)17(15,16)11-6-9(13)3-2-8(11)7-12/h2-3,6,10H,4-5,7H2,1H3. The van der Waals surface area contributed by atoms with Crippen LogP contribution in [0.5, 0.6) is 0 Å². The third-order valence-corrected chi connectivity index (χ3v) is 5.17. The van der Waals surface area contributed by atoms with Crippen molar-refractivity contribution in [2.45, 2.75) is 29.7 Å². The Morgan fingerprint density at radius 3 is 2.65 bits per heavy atom. The van der Waals surface area contributed by atoms with Crippen LogP contribution in [0.3, 0.4) is 0 Å². The highest BCUT2D eigenvalue weighted by atomic mass is 35.5. The lowest BCUT2D eigenvalue weighted by Gasteiger charge is -2.18. The van der Waals surface area contributed by atoms with Gasteiger partial charge in [-0.05, 0) is 30.5 Å². The largest absolute Gasteiger partial charge is 0.243 e. The average Bonchev–Trinajstić information content (AvgIpc) is 3.11. The van der Waals surface area contributed by atoms with Crippen LogP contribution in [-0.4, -0.2) is 25.8 Å². The summed E-state index contributed by atoms with van der Waals surface area (Å²) < 4.78 is 39.0. The molecule has 17 heavy (non-hydrogen) atoms. The fraction of sp³-hybridized carbons (Fsp3) is 0.455. The van der Waals surface area contributed by atoms with Crippen LogP contribution in [0.2, 0.25) is 0 Å². The van der Waals surface area contributed by atoms with Gasteiger partial charge in [0.15, 0.2) is 0 Å². The van der Waals surface area contributed by atoms with E-state index in [0.717, 1.165) is 18.9 Å². The minimum atomic E-state index is -3.63. The zero-order valence-corrected chi connectivity index (χ0v) is 10.9. The topological polar surface area (TPSA) is 37.4 Å². The Morgan fingerprint density at radius 1 is 1.47 bits per heavy atom. The smallest absolute Gasteiger partial charge is 0.207 e. The van der Waals surface area contributed by atoms with Crippen LogP contribution < -0.4 is 0 Å². The summed E-state index contributed by atoms with van der Waals surface area (Å²) in [6.45, 7) is 0. The molecule has 94 valence electrons. The maximum Gasteiger partial charge on any atom is 0.243 e. The molecule has 0 aliphatic heterocycles. The van der Waals surface area contributed by atoms with Crippen molar-refractivity contribution >= 4 is 21.6 Å². The van der Waals surface area contributed by atoms with E-state index in [9.17, 15) is 12.8 Å². The molecular formula is C11H13ClFNO2S. The van der Waals surface area contributed by atoms with Crippen LogP contribution in [0.15, 0.2) is 23.1 Å². The molecule has 0 amide bonds. The van der Waals surface area contributed by atoms with Crippen molar-refractivity contribution in [1.82, 2.24) is 4.31 Å². The van der Waals surface area contributed by atoms with Crippen LogP contribution in [-0.2, 0) is 15.9 Å². The van der Waals surface area contributed by atoms with Gasteiger partial charge in [0.2, 0.25) is 10.0 Å². The van der Waals surface area contributed by atoms with Gasteiger partial charge in [-0.3, -0.25) is 0 Å². The third kappa shape index (κ3) is 2.46. The highest BCUT2D eigenvalue weighted by Crippen LogP contribution is 2.32. The molecule has 1 aliphatic carbocycles. The molecule has 0 atom stereocenters. The SMILES string of the molecule is CN(C1CC1)S(=O)(=O)c1cc(F)ccc1CCl. The lowest BCUT2D eigenvalue weighted by atomic mass is 10.2. The fourth-order valence-electron chi connectivity index (χ4n) is 1.67. The molecule has 0 radical (unpaired) electrons. The molecule has 1 aromatic carbocycles. The zero-order chi connectivity index (χ0) is 12.6. The second-order valence-electron chi connectivity index (χ2n) is 4.14. The number of hydrogen-bond donors (Lipinski definition) is 0. The summed E-state index contributed by atoms with van der Waals surface area (Å²) in [7, 11) is -2.11. The first-order valence-corrected chi connectivity index (χ1v) is 7.26. The van der Waals surface area contributed by atoms with Gasteiger partial charge in [-0.2, -0.15) is 4.31 Å². The molecule has 2 rings (SSSR count). The van der Waals surface area contributed by atoms with Crippen LogP contribution in [0.25, 0.3) is 0 Å². The number of rotatable bonds is 4. The van der Waals surface area contributed by atoms with E-state index in [0.29, 0.717) is 5.56 Å². The summed E-state index contributed by atoms with van der Waals surface area (Å²) in [5.41, 5.74) is 0.431. The Labute approximate surface area is 105 Å². The monoisotopic (exact) mass is 277 g/mol. The number of nitrogens with zero attached hydrogens (tertiary/aromatic N) is 1. The zero-order valence-electron chi connectivity index (χ0n) is 9.36. The molecule has 0 saturated heterocycles. The van der Waals surface area contributed by atoms with E-state index in [2.05, 4.69) is 0 Å². The lowest BCUT2D eigenvalue weighted by Crippen LogP contribution is -2.29. The van der Waals surface area contributed by atoms with Gasteiger partial charge in [0.05, 0.1) is 4.90 Å². The van der Waals surface area contributed by atoms with Gasteiger partial charge >= 0.3 is 0 Å². The first-order valence-electron chi connectivity index (χ1n) is 5.29. The van der Waals surface area contributed by atoms with Crippen LogP contribution in [0.1, 0.15) is 18.4 Å². The summed E-state index contributed by atoms with van der Waals surface area (Å²) in [6.07, 6.45) is 1.72.